The number of hydrogen-bond donors (Lipinski definition) is 0. The van der Waals surface area contributed by atoms with E-state index >= 15 is 0 Å². The molecule has 3 heterocycles. The summed E-state index contributed by atoms with van der Waals surface area (Å²) in [4.78, 5) is 27.3. The lowest BCUT2D eigenvalue weighted by Crippen LogP contribution is -2.29. The van der Waals surface area contributed by atoms with Crippen molar-refractivity contribution < 1.29 is 0 Å². The quantitative estimate of drug-likeness (QED) is 0.699. The van der Waals surface area contributed by atoms with Crippen LogP contribution < -0.4 is 5.69 Å². The van der Waals surface area contributed by atoms with Crippen molar-refractivity contribution in [3.05, 3.63) is 76.7 Å². The fourth-order valence-electron chi connectivity index (χ4n) is 3.52. The van der Waals surface area contributed by atoms with Gasteiger partial charge in [-0.1, -0.05) is 30.7 Å². The van der Waals surface area contributed by atoms with E-state index in [1.165, 1.54) is 37.9 Å². The van der Waals surface area contributed by atoms with E-state index in [0.29, 0.717) is 17.9 Å². The predicted molar refractivity (Wildman–Crippen MR) is 104 cm³/mol. The summed E-state index contributed by atoms with van der Waals surface area (Å²) in [6.45, 7) is 3.85. The normalized spacial score (nSPS) is 15.0. The first-order valence-electron chi connectivity index (χ1n) is 9.42. The zero-order valence-corrected chi connectivity index (χ0v) is 15.3. The van der Waals surface area contributed by atoms with Gasteiger partial charge in [0.1, 0.15) is 5.69 Å². The van der Waals surface area contributed by atoms with Gasteiger partial charge in [0.25, 0.3) is 0 Å². The number of hydrogen-bond acceptors (Lipinski definition) is 5. The molecule has 0 spiro atoms. The number of nitrogens with zero attached hydrogens (tertiary/aromatic N) is 5. The van der Waals surface area contributed by atoms with E-state index in [1.807, 2.05) is 6.07 Å². The lowest BCUT2D eigenvalue weighted by atomic mass is 10.1. The van der Waals surface area contributed by atoms with Crippen LogP contribution in [0.1, 0.15) is 30.4 Å². The number of rotatable bonds is 5. The molecule has 1 fully saturated rings. The third-order valence-corrected chi connectivity index (χ3v) is 4.90. The van der Waals surface area contributed by atoms with Gasteiger partial charge in [-0.3, -0.25) is 19.4 Å². The molecule has 2 aromatic heterocycles. The molecule has 0 amide bonds. The molecule has 6 nitrogen and oxygen atoms in total. The van der Waals surface area contributed by atoms with E-state index in [4.69, 9.17) is 0 Å². The topological polar surface area (TPSA) is 63.9 Å². The highest BCUT2D eigenvalue weighted by molar-refractivity contribution is 5.51. The maximum atomic E-state index is 12.4. The van der Waals surface area contributed by atoms with Crippen LogP contribution in [0.3, 0.4) is 0 Å². The zero-order valence-electron chi connectivity index (χ0n) is 15.3. The summed E-state index contributed by atoms with van der Waals surface area (Å²) in [6.07, 6.45) is 10.5. The average Bonchev–Trinajstić information content (AvgIpc) is 2.71. The summed E-state index contributed by atoms with van der Waals surface area (Å²) >= 11 is 0. The molecule has 1 aromatic carbocycles. The summed E-state index contributed by atoms with van der Waals surface area (Å²) in [5, 5.41) is 0. The lowest BCUT2D eigenvalue weighted by Gasteiger charge is -2.26. The molecule has 4 rings (SSSR count). The summed E-state index contributed by atoms with van der Waals surface area (Å²) in [5.74, 6) is 0. The number of piperidine rings is 1. The molecule has 1 saturated heterocycles. The molecular weight excluding hydrogens is 338 g/mol. The number of likely N-dealkylation sites (tertiary alicyclic amines) is 1. The Balaban J connectivity index is 1.49. The molecule has 1 aliphatic rings. The van der Waals surface area contributed by atoms with Crippen molar-refractivity contribution in [2.45, 2.75) is 32.4 Å². The highest BCUT2D eigenvalue weighted by Crippen LogP contribution is 2.15. The first-order valence-corrected chi connectivity index (χ1v) is 9.42. The maximum Gasteiger partial charge on any atom is 0.348 e. The van der Waals surface area contributed by atoms with Crippen LogP contribution in [0.15, 0.2) is 59.9 Å². The van der Waals surface area contributed by atoms with Gasteiger partial charge in [0, 0.05) is 25.1 Å². The van der Waals surface area contributed by atoms with Gasteiger partial charge in [0.15, 0.2) is 0 Å². The summed E-state index contributed by atoms with van der Waals surface area (Å²) in [7, 11) is 0. The van der Waals surface area contributed by atoms with Crippen LogP contribution >= 0.6 is 0 Å². The van der Waals surface area contributed by atoms with Crippen molar-refractivity contribution in [1.82, 2.24) is 24.4 Å². The Morgan fingerprint density at radius 3 is 2.48 bits per heavy atom. The van der Waals surface area contributed by atoms with E-state index < -0.39 is 0 Å². The highest BCUT2D eigenvalue weighted by Gasteiger charge is 2.11. The van der Waals surface area contributed by atoms with Gasteiger partial charge >= 0.3 is 5.69 Å². The van der Waals surface area contributed by atoms with Gasteiger partial charge in [0.05, 0.1) is 18.4 Å². The highest BCUT2D eigenvalue weighted by atomic mass is 16.1. The molecule has 1 aliphatic heterocycles. The van der Waals surface area contributed by atoms with Crippen molar-refractivity contribution >= 4 is 0 Å². The third-order valence-electron chi connectivity index (χ3n) is 4.90. The maximum absolute atomic E-state index is 12.4. The Hall–Kier alpha value is -2.86. The molecule has 138 valence electrons. The Morgan fingerprint density at radius 2 is 1.74 bits per heavy atom. The van der Waals surface area contributed by atoms with E-state index in [9.17, 15) is 4.79 Å². The zero-order chi connectivity index (χ0) is 18.5. The first kappa shape index (κ1) is 17.5. The molecule has 3 aromatic rings. The van der Waals surface area contributed by atoms with Crippen molar-refractivity contribution in [2.24, 2.45) is 0 Å². The van der Waals surface area contributed by atoms with Crippen LogP contribution in [0, 0.1) is 0 Å². The molecule has 0 atom stereocenters. The van der Waals surface area contributed by atoms with Gasteiger partial charge in [-0.05, 0) is 43.1 Å². The van der Waals surface area contributed by atoms with E-state index in [1.54, 1.807) is 29.4 Å². The van der Waals surface area contributed by atoms with Crippen molar-refractivity contribution in [2.75, 3.05) is 13.1 Å². The fraction of sp³-hybridized carbons (Fsp3) is 0.333. The van der Waals surface area contributed by atoms with Gasteiger partial charge in [-0.2, -0.15) is 4.98 Å². The smallest absolute Gasteiger partial charge is 0.299 e. The Morgan fingerprint density at radius 1 is 0.926 bits per heavy atom. The largest absolute Gasteiger partial charge is 0.348 e. The van der Waals surface area contributed by atoms with Crippen LogP contribution in [0.4, 0.5) is 0 Å². The molecule has 27 heavy (non-hydrogen) atoms. The second-order valence-corrected chi connectivity index (χ2v) is 6.97. The minimum Gasteiger partial charge on any atom is -0.299 e. The molecule has 0 N–H and O–H groups in total. The first-order chi connectivity index (χ1) is 13.3. The molecule has 6 heteroatoms. The molecular formula is C21H23N5O. The minimum atomic E-state index is -0.278. The lowest BCUT2D eigenvalue weighted by molar-refractivity contribution is 0.221. The summed E-state index contributed by atoms with van der Waals surface area (Å²) in [6, 6.07) is 10.3. The average molecular weight is 361 g/mol. The van der Waals surface area contributed by atoms with E-state index in [2.05, 4.69) is 44.1 Å². The molecule has 0 unspecified atom stereocenters. The van der Waals surface area contributed by atoms with Crippen molar-refractivity contribution in [3.63, 3.8) is 0 Å². The van der Waals surface area contributed by atoms with Crippen LogP contribution in [0.5, 0.6) is 0 Å². The van der Waals surface area contributed by atoms with Gasteiger partial charge < -0.3 is 0 Å². The SMILES string of the molecule is O=c1nc(-c2cnccn2)ccn1Cc1cccc(CN2CCCCC2)c1. The molecule has 0 radical (unpaired) electrons. The Bertz CT molecular complexity index is 948. The Kier molecular flexibility index (Phi) is 5.34. The monoisotopic (exact) mass is 361 g/mol. The number of benzene rings is 1. The standard InChI is InChI=1S/C21H23N5O/c27-21-24-19(20-14-22-8-9-23-20)7-12-26(21)16-18-6-4-5-17(13-18)15-25-10-2-1-3-11-25/h4-9,12-14H,1-3,10-11,15-16H2. The molecule has 0 bridgehead atoms. The van der Waals surface area contributed by atoms with E-state index in [0.717, 1.165) is 12.1 Å². The third kappa shape index (κ3) is 4.46. The summed E-state index contributed by atoms with van der Waals surface area (Å²) < 4.78 is 1.62. The fourth-order valence-corrected chi connectivity index (χ4v) is 3.52. The van der Waals surface area contributed by atoms with Crippen molar-refractivity contribution in [3.8, 4) is 11.4 Å². The molecule has 0 aliphatic carbocycles. The minimum absolute atomic E-state index is 0.278. The van der Waals surface area contributed by atoms with Gasteiger partial charge in [0.2, 0.25) is 0 Å². The molecule has 0 saturated carbocycles. The van der Waals surface area contributed by atoms with Gasteiger partial charge in [-0.25, -0.2) is 4.79 Å². The van der Waals surface area contributed by atoms with Gasteiger partial charge in [-0.15, -0.1) is 0 Å². The number of aromatic nitrogens is 4. The van der Waals surface area contributed by atoms with Crippen LogP contribution in [-0.4, -0.2) is 37.5 Å². The second-order valence-electron chi connectivity index (χ2n) is 6.97. The van der Waals surface area contributed by atoms with Crippen LogP contribution in [0.2, 0.25) is 0 Å². The predicted octanol–water partition coefficient (Wildman–Crippen LogP) is 2.73. The Labute approximate surface area is 158 Å². The van der Waals surface area contributed by atoms with E-state index in [-0.39, 0.29) is 5.69 Å². The second kappa shape index (κ2) is 8.22. The summed E-state index contributed by atoms with van der Waals surface area (Å²) in [5.41, 5.74) is 3.28. The van der Waals surface area contributed by atoms with Crippen LogP contribution in [0.25, 0.3) is 11.4 Å². The van der Waals surface area contributed by atoms with Crippen LogP contribution in [-0.2, 0) is 13.1 Å². The van der Waals surface area contributed by atoms with Crippen molar-refractivity contribution in [1.29, 1.82) is 0 Å².